The molecule has 3 aromatic rings. The first-order valence-corrected chi connectivity index (χ1v) is 8.75. The van der Waals surface area contributed by atoms with E-state index in [0.717, 1.165) is 0 Å². The minimum absolute atomic E-state index is 0.0206. The third-order valence-corrected chi connectivity index (χ3v) is 4.51. The summed E-state index contributed by atoms with van der Waals surface area (Å²) in [6.45, 7) is 1.86. The molecule has 2 aromatic heterocycles. The average Bonchev–Trinajstić information content (AvgIpc) is 2.53. The molecule has 1 unspecified atom stereocenters. The molecule has 8 heteroatoms. The quantitative estimate of drug-likeness (QED) is 0.615. The summed E-state index contributed by atoms with van der Waals surface area (Å²) in [7, 11) is 0. The van der Waals surface area contributed by atoms with Gasteiger partial charge in [-0.25, -0.2) is 18.7 Å². The van der Waals surface area contributed by atoms with Crippen molar-refractivity contribution in [1.29, 1.82) is 0 Å². The number of halogens is 4. The van der Waals surface area contributed by atoms with Crippen molar-refractivity contribution >= 4 is 38.7 Å². The fraction of sp³-hybridized carbons (Fsp3) is 0.235. The Hall–Kier alpha value is -1.70. The summed E-state index contributed by atoms with van der Waals surface area (Å²) >= 11 is 9.37. The SMILES string of the molecule is CC(N)CCc1c(-c2c(F)cc(Br)cc2F)c(Cl)nc2nccnc12. The predicted octanol–water partition coefficient (Wildman–Crippen LogP) is 4.67. The Bertz CT molecular complexity index is 926. The third kappa shape index (κ3) is 3.63. The molecule has 0 spiro atoms. The van der Waals surface area contributed by atoms with E-state index in [1.807, 2.05) is 6.92 Å². The first-order valence-electron chi connectivity index (χ1n) is 7.58. The fourth-order valence-electron chi connectivity index (χ4n) is 2.67. The number of nitrogens with two attached hydrogens (primary N) is 1. The highest BCUT2D eigenvalue weighted by atomic mass is 79.9. The van der Waals surface area contributed by atoms with Crippen molar-refractivity contribution in [2.45, 2.75) is 25.8 Å². The van der Waals surface area contributed by atoms with Crippen LogP contribution in [0.1, 0.15) is 18.9 Å². The molecule has 1 atom stereocenters. The second kappa shape index (κ2) is 7.27. The summed E-state index contributed by atoms with van der Waals surface area (Å²) in [5.41, 5.74) is 7.19. The summed E-state index contributed by atoms with van der Waals surface area (Å²) in [5, 5.41) is -0.0206. The first kappa shape index (κ1) is 18.1. The molecule has 0 saturated heterocycles. The molecular formula is C17H14BrClF2N4. The molecule has 0 amide bonds. The molecule has 2 N–H and O–H groups in total. The summed E-state index contributed by atoms with van der Waals surface area (Å²) in [6.07, 6.45) is 4.03. The number of fused-ring (bicyclic) bond motifs is 1. The number of pyridine rings is 1. The molecule has 4 nitrogen and oxygen atoms in total. The zero-order valence-electron chi connectivity index (χ0n) is 13.2. The Morgan fingerprint density at radius 3 is 2.44 bits per heavy atom. The van der Waals surface area contributed by atoms with Crippen LogP contribution >= 0.6 is 27.5 Å². The summed E-state index contributed by atoms with van der Waals surface area (Å²) < 4.78 is 29.4. The van der Waals surface area contributed by atoms with E-state index in [2.05, 4.69) is 30.9 Å². The molecule has 0 saturated carbocycles. The lowest BCUT2D eigenvalue weighted by Gasteiger charge is -2.16. The zero-order valence-corrected chi connectivity index (χ0v) is 15.6. The molecule has 2 heterocycles. The van der Waals surface area contributed by atoms with Crippen molar-refractivity contribution in [2.75, 3.05) is 0 Å². The number of nitrogens with zero attached hydrogens (tertiary/aromatic N) is 3. The van der Waals surface area contributed by atoms with E-state index < -0.39 is 11.6 Å². The lowest BCUT2D eigenvalue weighted by molar-refractivity contribution is 0.587. The molecule has 0 bridgehead atoms. The van der Waals surface area contributed by atoms with Gasteiger partial charge in [0.15, 0.2) is 5.65 Å². The Labute approximate surface area is 156 Å². The molecule has 0 aliphatic rings. The summed E-state index contributed by atoms with van der Waals surface area (Å²) in [6, 6.07) is 2.28. The number of aromatic nitrogens is 3. The van der Waals surface area contributed by atoms with E-state index in [9.17, 15) is 8.78 Å². The normalized spacial score (nSPS) is 12.6. The Balaban J connectivity index is 2.34. The molecule has 0 aliphatic heterocycles. The lowest BCUT2D eigenvalue weighted by atomic mass is 9.95. The van der Waals surface area contributed by atoms with Gasteiger partial charge in [0.25, 0.3) is 0 Å². The molecule has 0 fully saturated rings. The van der Waals surface area contributed by atoms with Crippen LogP contribution < -0.4 is 5.73 Å². The largest absolute Gasteiger partial charge is 0.328 e. The maximum absolute atomic E-state index is 14.5. The van der Waals surface area contributed by atoms with Crippen LogP contribution in [0.15, 0.2) is 29.0 Å². The van der Waals surface area contributed by atoms with Gasteiger partial charge in [-0.1, -0.05) is 27.5 Å². The van der Waals surface area contributed by atoms with Gasteiger partial charge >= 0.3 is 0 Å². The van der Waals surface area contributed by atoms with Gasteiger partial charge in [-0.2, -0.15) is 0 Å². The molecule has 130 valence electrons. The van der Waals surface area contributed by atoms with E-state index in [1.165, 1.54) is 24.5 Å². The van der Waals surface area contributed by atoms with Gasteiger partial charge in [-0.05, 0) is 37.5 Å². The van der Waals surface area contributed by atoms with Gasteiger partial charge in [-0.15, -0.1) is 0 Å². The minimum atomic E-state index is -0.735. The number of rotatable bonds is 4. The van der Waals surface area contributed by atoms with Gasteiger partial charge in [0.1, 0.15) is 22.3 Å². The van der Waals surface area contributed by atoms with Gasteiger partial charge in [-0.3, -0.25) is 4.98 Å². The summed E-state index contributed by atoms with van der Waals surface area (Å²) in [4.78, 5) is 12.6. The smallest absolute Gasteiger partial charge is 0.179 e. The van der Waals surface area contributed by atoms with Crippen LogP contribution in [0.2, 0.25) is 5.15 Å². The van der Waals surface area contributed by atoms with E-state index in [-0.39, 0.29) is 22.3 Å². The van der Waals surface area contributed by atoms with Gasteiger partial charge in [0, 0.05) is 28.5 Å². The second-order valence-electron chi connectivity index (χ2n) is 5.75. The van der Waals surface area contributed by atoms with Crippen molar-refractivity contribution in [3.05, 3.63) is 51.4 Å². The Morgan fingerprint density at radius 2 is 1.80 bits per heavy atom. The maximum Gasteiger partial charge on any atom is 0.179 e. The Kier molecular flexibility index (Phi) is 5.27. The van der Waals surface area contributed by atoms with E-state index in [1.54, 1.807) is 0 Å². The topological polar surface area (TPSA) is 64.7 Å². The summed E-state index contributed by atoms with van der Waals surface area (Å²) in [5.74, 6) is -1.47. The maximum atomic E-state index is 14.5. The van der Waals surface area contributed by atoms with Crippen LogP contribution in [0.5, 0.6) is 0 Å². The molecule has 3 rings (SSSR count). The van der Waals surface area contributed by atoms with Crippen LogP contribution in [0.25, 0.3) is 22.3 Å². The van der Waals surface area contributed by atoms with Gasteiger partial charge < -0.3 is 5.73 Å². The molecule has 0 radical (unpaired) electrons. The van der Waals surface area contributed by atoms with Crippen molar-refractivity contribution in [1.82, 2.24) is 15.0 Å². The predicted molar refractivity (Wildman–Crippen MR) is 97.4 cm³/mol. The van der Waals surface area contributed by atoms with E-state index in [0.29, 0.717) is 34.0 Å². The molecular weight excluding hydrogens is 414 g/mol. The van der Waals surface area contributed by atoms with Crippen molar-refractivity contribution in [3.63, 3.8) is 0 Å². The van der Waals surface area contributed by atoms with E-state index in [4.69, 9.17) is 17.3 Å². The lowest BCUT2D eigenvalue weighted by Crippen LogP contribution is -2.16. The zero-order chi connectivity index (χ0) is 18.1. The van der Waals surface area contributed by atoms with Crippen LogP contribution in [-0.4, -0.2) is 21.0 Å². The van der Waals surface area contributed by atoms with Crippen molar-refractivity contribution in [2.24, 2.45) is 5.73 Å². The second-order valence-corrected chi connectivity index (χ2v) is 7.02. The number of hydrogen-bond donors (Lipinski definition) is 1. The van der Waals surface area contributed by atoms with Crippen molar-refractivity contribution in [3.8, 4) is 11.1 Å². The minimum Gasteiger partial charge on any atom is -0.328 e. The monoisotopic (exact) mass is 426 g/mol. The molecule has 1 aromatic carbocycles. The fourth-order valence-corrected chi connectivity index (χ4v) is 3.36. The molecule has 0 aliphatic carbocycles. The van der Waals surface area contributed by atoms with Crippen LogP contribution in [0.4, 0.5) is 8.78 Å². The highest BCUT2D eigenvalue weighted by Crippen LogP contribution is 2.38. The van der Waals surface area contributed by atoms with Gasteiger partial charge in [0.05, 0.1) is 5.56 Å². The molecule has 25 heavy (non-hydrogen) atoms. The standard InChI is InChI=1S/C17H14BrClF2N4/c1-8(22)2-3-10-13(14-11(20)6-9(18)7-12(14)21)16(19)25-17-15(10)23-4-5-24-17/h4-8H,2-3,22H2,1H3. The van der Waals surface area contributed by atoms with E-state index >= 15 is 0 Å². The highest BCUT2D eigenvalue weighted by Gasteiger charge is 2.23. The number of benzene rings is 1. The van der Waals surface area contributed by atoms with Gasteiger partial charge in [0.2, 0.25) is 0 Å². The van der Waals surface area contributed by atoms with Crippen molar-refractivity contribution < 1.29 is 8.78 Å². The average molecular weight is 428 g/mol. The number of aryl methyl sites for hydroxylation is 1. The van der Waals surface area contributed by atoms with Crippen LogP contribution in [0, 0.1) is 11.6 Å². The number of hydrogen-bond acceptors (Lipinski definition) is 4. The Morgan fingerprint density at radius 1 is 1.16 bits per heavy atom. The third-order valence-electron chi connectivity index (χ3n) is 3.78. The highest BCUT2D eigenvalue weighted by molar-refractivity contribution is 9.10. The van der Waals surface area contributed by atoms with Crippen LogP contribution in [0.3, 0.4) is 0 Å². The first-order chi connectivity index (χ1) is 11.9. The van der Waals surface area contributed by atoms with Crippen LogP contribution in [-0.2, 0) is 6.42 Å².